The Morgan fingerprint density at radius 1 is 1.00 bits per heavy atom. The Morgan fingerprint density at radius 3 is 2.59 bits per heavy atom. The molecule has 1 aliphatic heterocycles. The monoisotopic (exact) mass is 242 g/mol. The molecule has 0 saturated carbocycles. The number of para-hydroxylation sites is 2. The van der Waals surface area contributed by atoms with Crippen LogP contribution in [0.5, 0.6) is 0 Å². The lowest BCUT2D eigenvalue weighted by Crippen LogP contribution is -2.06. The molecule has 0 unspecified atom stereocenters. The molecule has 0 aliphatic carbocycles. The van der Waals surface area contributed by atoms with Gasteiger partial charge in [-0.3, -0.25) is 0 Å². The first-order valence-corrected chi connectivity index (χ1v) is 5.95. The third-order valence-corrected chi connectivity index (χ3v) is 3.75. The summed E-state index contributed by atoms with van der Waals surface area (Å²) in [5.74, 6) is -1.16. The number of carbonyl (C=O) groups excluding carboxylic acids is 1. The van der Waals surface area contributed by atoms with Crippen molar-refractivity contribution < 1.29 is 9.90 Å². The van der Waals surface area contributed by atoms with Crippen molar-refractivity contribution in [3.8, 4) is 0 Å². The fourth-order valence-electron chi connectivity index (χ4n) is 1.83. The van der Waals surface area contributed by atoms with Crippen LogP contribution in [0.3, 0.4) is 0 Å². The van der Waals surface area contributed by atoms with E-state index in [9.17, 15) is 9.90 Å². The molecule has 1 aliphatic rings. The van der Waals surface area contributed by atoms with Crippen LogP contribution in [0.15, 0.2) is 52.3 Å². The van der Waals surface area contributed by atoms with Crippen LogP contribution in [0.25, 0.3) is 0 Å². The maximum Gasteiger partial charge on any atom is 0.388 e. The van der Waals surface area contributed by atoms with Gasteiger partial charge >= 0.3 is 5.97 Å². The van der Waals surface area contributed by atoms with Crippen LogP contribution in [0.2, 0.25) is 0 Å². The topological polar surface area (TPSA) is 49.0 Å². The first kappa shape index (κ1) is 10.2. The summed E-state index contributed by atoms with van der Waals surface area (Å²) in [6.07, 6.45) is 0. The Bertz CT molecular complexity index is 610. The maximum atomic E-state index is 11.0. The van der Waals surface area contributed by atoms with E-state index in [0.29, 0.717) is 5.69 Å². The van der Waals surface area contributed by atoms with Crippen LogP contribution >= 0.6 is 11.8 Å². The summed E-state index contributed by atoms with van der Waals surface area (Å²) in [6, 6.07) is 13.0. The van der Waals surface area contributed by atoms with Crippen molar-refractivity contribution in [1.82, 2.24) is 0 Å². The first-order chi connectivity index (χ1) is 8.25. The highest BCUT2D eigenvalue weighted by Gasteiger charge is 2.21. The van der Waals surface area contributed by atoms with Gasteiger partial charge in [0.15, 0.2) is 0 Å². The zero-order chi connectivity index (χ0) is 11.8. The van der Waals surface area contributed by atoms with E-state index in [1.54, 1.807) is 23.9 Å². The molecule has 0 bridgehead atoms. The Morgan fingerprint density at radius 2 is 1.76 bits per heavy atom. The fourth-order valence-corrected chi connectivity index (χ4v) is 2.85. The molecular weight excluding hydrogens is 234 g/mol. The predicted molar refractivity (Wildman–Crippen MR) is 65.3 cm³/mol. The molecule has 4 heteroatoms. The van der Waals surface area contributed by atoms with Gasteiger partial charge in [0.1, 0.15) is 0 Å². The minimum Gasteiger partial charge on any atom is -0.353 e. The van der Waals surface area contributed by atoms with Gasteiger partial charge in [0.05, 0.1) is 16.9 Å². The SMILES string of the molecule is [O]C(=O)c1cccc2c1Nc1ccccc1S2. The van der Waals surface area contributed by atoms with Gasteiger partial charge in [-0.15, -0.1) is 0 Å². The van der Waals surface area contributed by atoms with Crippen molar-refractivity contribution in [3.05, 3.63) is 48.0 Å². The van der Waals surface area contributed by atoms with E-state index >= 15 is 0 Å². The molecule has 0 saturated heterocycles. The lowest BCUT2D eigenvalue weighted by atomic mass is 10.1. The standard InChI is InChI=1S/C13H8NO2S/c15-13(16)8-4-3-7-11-12(8)14-9-5-1-2-6-10(9)17-11/h1-7,14H. The van der Waals surface area contributed by atoms with Crippen molar-refractivity contribution in [2.45, 2.75) is 9.79 Å². The van der Waals surface area contributed by atoms with Gasteiger partial charge in [0.2, 0.25) is 0 Å². The highest BCUT2D eigenvalue weighted by molar-refractivity contribution is 7.99. The van der Waals surface area contributed by atoms with Crippen molar-refractivity contribution in [2.24, 2.45) is 0 Å². The summed E-state index contributed by atoms with van der Waals surface area (Å²) in [6.45, 7) is 0. The summed E-state index contributed by atoms with van der Waals surface area (Å²) in [5.41, 5.74) is 1.75. The normalized spacial score (nSPS) is 12.2. The number of carbonyl (C=O) groups is 1. The average molecular weight is 242 g/mol. The van der Waals surface area contributed by atoms with Crippen LogP contribution in [0.4, 0.5) is 11.4 Å². The molecule has 0 aromatic heterocycles. The molecule has 2 aromatic carbocycles. The molecule has 0 amide bonds. The van der Waals surface area contributed by atoms with E-state index in [-0.39, 0.29) is 5.56 Å². The fraction of sp³-hybridized carbons (Fsp3) is 0. The van der Waals surface area contributed by atoms with Crippen LogP contribution in [0, 0.1) is 0 Å². The average Bonchev–Trinajstić information content (AvgIpc) is 2.35. The molecule has 1 radical (unpaired) electrons. The number of hydrogen-bond donors (Lipinski definition) is 1. The quantitative estimate of drug-likeness (QED) is 0.710. The summed E-state index contributed by atoms with van der Waals surface area (Å²) < 4.78 is 0. The molecule has 1 heterocycles. The van der Waals surface area contributed by atoms with E-state index in [1.165, 1.54) is 0 Å². The third kappa shape index (κ3) is 1.66. The largest absolute Gasteiger partial charge is 0.388 e. The van der Waals surface area contributed by atoms with Crippen LogP contribution in [-0.2, 0) is 5.11 Å². The summed E-state index contributed by atoms with van der Waals surface area (Å²) in [4.78, 5) is 13.0. The number of rotatable bonds is 1. The van der Waals surface area contributed by atoms with Crippen molar-refractivity contribution >= 4 is 29.1 Å². The van der Waals surface area contributed by atoms with Gasteiger partial charge < -0.3 is 5.32 Å². The second kappa shape index (κ2) is 3.82. The minimum atomic E-state index is -1.16. The van der Waals surface area contributed by atoms with Crippen LogP contribution in [0.1, 0.15) is 10.4 Å². The molecular formula is C13H8NO2S. The number of benzene rings is 2. The molecule has 0 atom stereocenters. The number of fused-ring (bicyclic) bond motifs is 2. The first-order valence-electron chi connectivity index (χ1n) is 5.14. The molecule has 3 nitrogen and oxygen atoms in total. The molecule has 17 heavy (non-hydrogen) atoms. The lowest BCUT2D eigenvalue weighted by Gasteiger charge is -2.21. The molecule has 0 spiro atoms. The van der Waals surface area contributed by atoms with Gasteiger partial charge in [-0.1, -0.05) is 30.0 Å². The Hall–Kier alpha value is -1.94. The van der Waals surface area contributed by atoms with Gasteiger partial charge in [-0.2, -0.15) is 0 Å². The van der Waals surface area contributed by atoms with E-state index in [0.717, 1.165) is 15.5 Å². The Labute approximate surface area is 102 Å². The van der Waals surface area contributed by atoms with Gasteiger partial charge in [-0.25, -0.2) is 9.90 Å². The van der Waals surface area contributed by atoms with E-state index < -0.39 is 5.97 Å². The van der Waals surface area contributed by atoms with Crippen LogP contribution in [-0.4, -0.2) is 5.97 Å². The number of nitrogens with one attached hydrogen (secondary N) is 1. The lowest BCUT2D eigenvalue weighted by molar-refractivity contribution is 0.0574. The molecule has 3 rings (SSSR count). The summed E-state index contributed by atoms with van der Waals surface area (Å²) >= 11 is 1.56. The Balaban J connectivity index is 2.15. The number of anilines is 2. The zero-order valence-corrected chi connectivity index (χ0v) is 9.58. The maximum absolute atomic E-state index is 11.0. The highest BCUT2D eigenvalue weighted by Crippen LogP contribution is 2.45. The smallest absolute Gasteiger partial charge is 0.353 e. The summed E-state index contributed by atoms with van der Waals surface area (Å²) in [7, 11) is 0. The molecule has 83 valence electrons. The van der Waals surface area contributed by atoms with E-state index in [1.807, 2.05) is 30.3 Å². The third-order valence-electron chi connectivity index (χ3n) is 2.61. The second-order valence-electron chi connectivity index (χ2n) is 3.69. The van der Waals surface area contributed by atoms with Gasteiger partial charge in [0, 0.05) is 9.79 Å². The molecule has 1 N–H and O–H groups in total. The van der Waals surface area contributed by atoms with Crippen molar-refractivity contribution in [1.29, 1.82) is 0 Å². The molecule has 0 fully saturated rings. The van der Waals surface area contributed by atoms with Crippen molar-refractivity contribution in [2.75, 3.05) is 5.32 Å². The second-order valence-corrected chi connectivity index (χ2v) is 4.77. The predicted octanol–water partition coefficient (Wildman–Crippen LogP) is 3.47. The zero-order valence-electron chi connectivity index (χ0n) is 8.77. The van der Waals surface area contributed by atoms with Crippen molar-refractivity contribution in [3.63, 3.8) is 0 Å². The minimum absolute atomic E-state index is 0.199. The van der Waals surface area contributed by atoms with E-state index in [2.05, 4.69) is 5.32 Å². The van der Waals surface area contributed by atoms with Gasteiger partial charge in [-0.05, 0) is 24.3 Å². The van der Waals surface area contributed by atoms with E-state index in [4.69, 9.17) is 0 Å². The summed E-state index contributed by atoms with van der Waals surface area (Å²) in [5, 5.41) is 14.2. The Kier molecular flexibility index (Phi) is 2.30. The number of hydrogen-bond acceptors (Lipinski definition) is 3. The van der Waals surface area contributed by atoms with Crippen LogP contribution < -0.4 is 5.32 Å². The van der Waals surface area contributed by atoms with Gasteiger partial charge in [0.25, 0.3) is 0 Å². The highest BCUT2D eigenvalue weighted by atomic mass is 32.2. The molecule has 2 aromatic rings.